The van der Waals surface area contributed by atoms with Crippen molar-refractivity contribution in [2.45, 2.75) is 44.3 Å². The van der Waals surface area contributed by atoms with Gasteiger partial charge in [0, 0.05) is 12.1 Å². The minimum Gasteiger partial charge on any atom is -0.327 e. The van der Waals surface area contributed by atoms with Crippen molar-refractivity contribution < 1.29 is 22.0 Å². The van der Waals surface area contributed by atoms with E-state index in [-0.39, 0.29) is 18.4 Å². The van der Waals surface area contributed by atoms with Gasteiger partial charge in [0.05, 0.1) is 5.92 Å². The lowest BCUT2D eigenvalue weighted by molar-refractivity contribution is -0.198. The Bertz CT molecular complexity index is 485. The van der Waals surface area contributed by atoms with Gasteiger partial charge < -0.3 is 5.73 Å². The molecule has 118 valence electrons. The monoisotopic (exact) mass is 307 g/mol. The zero-order chi connectivity index (χ0) is 15.6. The Morgan fingerprint density at radius 3 is 2.43 bits per heavy atom. The van der Waals surface area contributed by atoms with E-state index in [1.807, 2.05) is 0 Å². The first-order chi connectivity index (χ1) is 9.79. The molecule has 1 aliphatic rings. The molecule has 3 unspecified atom stereocenters. The van der Waals surface area contributed by atoms with Crippen LogP contribution < -0.4 is 5.73 Å². The van der Waals surface area contributed by atoms with Crippen molar-refractivity contribution in [1.29, 1.82) is 0 Å². The Hall–Kier alpha value is -1.17. The molecule has 21 heavy (non-hydrogen) atoms. The number of rotatable bonds is 3. The lowest BCUT2D eigenvalue weighted by atomic mass is 9.73. The lowest BCUT2D eigenvalue weighted by Crippen LogP contribution is -2.44. The van der Waals surface area contributed by atoms with Gasteiger partial charge >= 0.3 is 6.18 Å². The fraction of sp³-hybridized carbons (Fsp3) is 0.600. The number of halogens is 5. The molecule has 0 heterocycles. The maximum Gasteiger partial charge on any atom is 0.392 e. The van der Waals surface area contributed by atoms with Crippen LogP contribution in [-0.4, -0.2) is 12.2 Å². The molecule has 0 spiro atoms. The van der Waals surface area contributed by atoms with Gasteiger partial charge in [-0.1, -0.05) is 18.9 Å². The molecule has 0 saturated heterocycles. The van der Waals surface area contributed by atoms with Crippen molar-refractivity contribution in [3.63, 3.8) is 0 Å². The molecule has 1 nitrogen and oxygen atoms in total. The van der Waals surface area contributed by atoms with Gasteiger partial charge in [-0.25, -0.2) is 8.78 Å². The second kappa shape index (κ2) is 6.30. The largest absolute Gasteiger partial charge is 0.392 e. The van der Waals surface area contributed by atoms with Crippen molar-refractivity contribution in [3.8, 4) is 0 Å². The van der Waals surface area contributed by atoms with Crippen molar-refractivity contribution >= 4 is 0 Å². The Labute approximate surface area is 120 Å². The fourth-order valence-corrected chi connectivity index (χ4v) is 3.17. The summed E-state index contributed by atoms with van der Waals surface area (Å²) >= 11 is 0. The molecular weight excluding hydrogens is 289 g/mol. The Balaban J connectivity index is 2.12. The molecule has 1 fully saturated rings. The Kier molecular flexibility index (Phi) is 4.86. The topological polar surface area (TPSA) is 26.0 Å². The summed E-state index contributed by atoms with van der Waals surface area (Å²) in [7, 11) is 0. The summed E-state index contributed by atoms with van der Waals surface area (Å²) in [6.45, 7) is 0. The number of hydrogen-bond acceptors (Lipinski definition) is 1. The van der Waals surface area contributed by atoms with Crippen molar-refractivity contribution in [1.82, 2.24) is 0 Å². The van der Waals surface area contributed by atoms with E-state index in [1.54, 1.807) is 0 Å². The Morgan fingerprint density at radius 2 is 1.81 bits per heavy atom. The number of alkyl halides is 3. The minimum atomic E-state index is -4.27. The summed E-state index contributed by atoms with van der Waals surface area (Å²) in [4.78, 5) is 0. The first-order valence-electron chi connectivity index (χ1n) is 7.05. The molecule has 6 heteroatoms. The van der Waals surface area contributed by atoms with Crippen LogP contribution in [0.3, 0.4) is 0 Å². The Morgan fingerprint density at radius 1 is 1.14 bits per heavy atom. The minimum absolute atomic E-state index is 0.0106. The maximum atomic E-state index is 13.6. The maximum absolute atomic E-state index is 13.6. The summed E-state index contributed by atoms with van der Waals surface area (Å²) in [6.07, 6.45) is -2.56. The highest BCUT2D eigenvalue weighted by Crippen LogP contribution is 2.43. The molecule has 2 rings (SSSR count). The van der Waals surface area contributed by atoms with Crippen LogP contribution in [0, 0.1) is 23.5 Å². The molecule has 1 aliphatic carbocycles. The van der Waals surface area contributed by atoms with Gasteiger partial charge in [-0.05, 0) is 36.8 Å². The first-order valence-corrected chi connectivity index (χ1v) is 7.05. The van der Waals surface area contributed by atoms with Gasteiger partial charge in [-0.15, -0.1) is 0 Å². The van der Waals surface area contributed by atoms with Gasteiger partial charge in [0.1, 0.15) is 11.6 Å². The third-order valence-electron chi connectivity index (χ3n) is 4.26. The second-order valence-corrected chi connectivity index (χ2v) is 5.70. The average molecular weight is 307 g/mol. The number of benzene rings is 1. The van der Waals surface area contributed by atoms with Crippen LogP contribution in [0.4, 0.5) is 22.0 Å². The molecule has 0 amide bonds. The van der Waals surface area contributed by atoms with Gasteiger partial charge in [-0.3, -0.25) is 0 Å². The van der Waals surface area contributed by atoms with E-state index in [2.05, 4.69) is 0 Å². The molecular formula is C15H18F5N. The molecule has 1 aromatic carbocycles. The summed E-state index contributed by atoms with van der Waals surface area (Å²) in [5, 5.41) is 0. The SMILES string of the molecule is NC(Cc1ccc(F)cc1F)C1CCCCC1C(F)(F)F. The van der Waals surface area contributed by atoms with E-state index in [1.165, 1.54) is 6.07 Å². The average Bonchev–Trinajstić information content (AvgIpc) is 2.41. The second-order valence-electron chi connectivity index (χ2n) is 5.70. The summed E-state index contributed by atoms with van der Waals surface area (Å²) in [5.41, 5.74) is 6.08. The molecule has 1 saturated carbocycles. The quantitative estimate of drug-likeness (QED) is 0.832. The highest BCUT2D eigenvalue weighted by atomic mass is 19.4. The van der Waals surface area contributed by atoms with E-state index in [0.717, 1.165) is 12.1 Å². The number of hydrogen-bond donors (Lipinski definition) is 1. The summed E-state index contributed by atoms with van der Waals surface area (Å²) in [6, 6.07) is 2.28. The predicted molar refractivity (Wildman–Crippen MR) is 69.5 cm³/mol. The fourth-order valence-electron chi connectivity index (χ4n) is 3.17. The number of nitrogens with two attached hydrogens (primary N) is 1. The molecule has 2 N–H and O–H groups in total. The van der Waals surface area contributed by atoms with E-state index in [0.29, 0.717) is 19.3 Å². The summed E-state index contributed by atoms with van der Waals surface area (Å²) < 4.78 is 65.6. The van der Waals surface area contributed by atoms with Crippen LogP contribution in [0.25, 0.3) is 0 Å². The molecule has 1 aromatic rings. The molecule has 0 radical (unpaired) electrons. The van der Waals surface area contributed by atoms with Crippen LogP contribution in [0.2, 0.25) is 0 Å². The van der Waals surface area contributed by atoms with Crippen LogP contribution in [0.1, 0.15) is 31.2 Å². The zero-order valence-electron chi connectivity index (χ0n) is 11.5. The molecule has 0 aliphatic heterocycles. The van der Waals surface area contributed by atoms with Crippen LogP contribution in [-0.2, 0) is 6.42 Å². The van der Waals surface area contributed by atoms with Gasteiger partial charge in [0.15, 0.2) is 0 Å². The van der Waals surface area contributed by atoms with Crippen LogP contribution in [0.15, 0.2) is 18.2 Å². The van der Waals surface area contributed by atoms with E-state index in [9.17, 15) is 22.0 Å². The smallest absolute Gasteiger partial charge is 0.327 e. The third-order valence-corrected chi connectivity index (χ3v) is 4.26. The van der Waals surface area contributed by atoms with E-state index >= 15 is 0 Å². The first kappa shape index (κ1) is 16.2. The van der Waals surface area contributed by atoms with Gasteiger partial charge in [0.25, 0.3) is 0 Å². The third kappa shape index (κ3) is 3.93. The van der Waals surface area contributed by atoms with Crippen molar-refractivity contribution in [3.05, 3.63) is 35.4 Å². The lowest BCUT2D eigenvalue weighted by Gasteiger charge is -2.36. The zero-order valence-corrected chi connectivity index (χ0v) is 11.5. The highest BCUT2D eigenvalue weighted by molar-refractivity contribution is 5.20. The molecule has 0 aromatic heterocycles. The van der Waals surface area contributed by atoms with Gasteiger partial charge in [0.2, 0.25) is 0 Å². The normalized spacial score (nSPS) is 24.9. The van der Waals surface area contributed by atoms with Crippen molar-refractivity contribution in [2.75, 3.05) is 0 Å². The van der Waals surface area contributed by atoms with Crippen LogP contribution in [0.5, 0.6) is 0 Å². The summed E-state index contributed by atoms with van der Waals surface area (Å²) in [5.74, 6) is -3.60. The standard InChI is InChI=1S/C15H18F5N/c16-10-6-5-9(13(17)8-10)7-14(21)11-3-1-2-4-12(11)15(18,19)20/h5-6,8,11-12,14H,1-4,7,21H2. The van der Waals surface area contributed by atoms with E-state index < -0.39 is 35.7 Å². The molecule has 3 atom stereocenters. The molecule has 0 bridgehead atoms. The van der Waals surface area contributed by atoms with Gasteiger partial charge in [-0.2, -0.15) is 13.2 Å². The van der Waals surface area contributed by atoms with Crippen LogP contribution >= 0.6 is 0 Å². The van der Waals surface area contributed by atoms with Crippen molar-refractivity contribution in [2.24, 2.45) is 17.6 Å². The predicted octanol–water partition coefficient (Wildman–Crippen LogP) is 4.20. The van der Waals surface area contributed by atoms with E-state index in [4.69, 9.17) is 5.73 Å². The highest BCUT2D eigenvalue weighted by Gasteiger charge is 2.47.